The summed E-state index contributed by atoms with van der Waals surface area (Å²) >= 11 is 0. The predicted molar refractivity (Wildman–Crippen MR) is 82.9 cm³/mol. The Kier molecular flexibility index (Phi) is 5.32. The summed E-state index contributed by atoms with van der Waals surface area (Å²) in [6, 6.07) is 8.02. The molecule has 0 aliphatic carbocycles. The van der Waals surface area contributed by atoms with Crippen molar-refractivity contribution in [1.82, 2.24) is 4.57 Å². The number of fused-ring (bicyclic) bond motifs is 1. The summed E-state index contributed by atoms with van der Waals surface area (Å²) in [5, 5.41) is 1.09. The number of carbonyl (C=O) groups excluding carboxylic acids is 2. The number of aldehydes is 1. The molecule has 1 aromatic heterocycles. The summed E-state index contributed by atoms with van der Waals surface area (Å²) in [6.45, 7) is 2.94. The van der Waals surface area contributed by atoms with Crippen LogP contribution in [0.1, 0.15) is 25.3 Å². The molecule has 2 rings (SSSR count). The molecule has 0 atom stereocenters. The minimum absolute atomic E-state index is 0.338. The Labute approximate surface area is 124 Å². The van der Waals surface area contributed by atoms with E-state index in [0.29, 0.717) is 13.0 Å². The Balaban J connectivity index is 2.27. The molecule has 0 saturated carbocycles. The highest BCUT2D eigenvalue weighted by Gasteiger charge is 2.06. The molecule has 0 N–H and O–H groups in total. The molecule has 4 heteroatoms. The molecule has 1 aromatic carbocycles. The van der Waals surface area contributed by atoms with Crippen molar-refractivity contribution < 1.29 is 14.3 Å². The van der Waals surface area contributed by atoms with Crippen LogP contribution in [0.2, 0.25) is 0 Å². The normalized spacial score (nSPS) is 11.1. The van der Waals surface area contributed by atoms with Gasteiger partial charge in [-0.15, -0.1) is 0 Å². The second kappa shape index (κ2) is 7.43. The zero-order chi connectivity index (χ0) is 15.1. The van der Waals surface area contributed by atoms with E-state index >= 15 is 0 Å². The quantitative estimate of drug-likeness (QED) is 0.340. The lowest BCUT2D eigenvalue weighted by molar-refractivity contribution is -0.137. The Morgan fingerprint density at radius 1 is 1.33 bits per heavy atom. The van der Waals surface area contributed by atoms with Crippen molar-refractivity contribution in [3.8, 4) is 0 Å². The van der Waals surface area contributed by atoms with Crippen LogP contribution in [0.15, 0.2) is 36.5 Å². The van der Waals surface area contributed by atoms with Gasteiger partial charge in [-0.25, -0.2) is 4.79 Å². The maximum Gasteiger partial charge on any atom is 0.330 e. The molecule has 0 unspecified atom stereocenters. The lowest BCUT2D eigenvalue weighted by atomic mass is 10.1. The van der Waals surface area contributed by atoms with Crippen molar-refractivity contribution in [1.29, 1.82) is 0 Å². The number of nitrogens with zero attached hydrogens (tertiary/aromatic N) is 1. The fourth-order valence-electron chi connectivity index (χ4n) is 2.29. The Hall–Kier alpha value is -2.36. The summed E-state index contributed by atoms with van der Waals surface area (Å²) in [5.41, 5.74) is 2.08. The maximum absolute atomic E-state index is 11.4. The van der Waals surface area contributed by atoms with Crippen LogP contribution < -0.4 is 0 Å². The van der Waals surface area contributed by atoms with Crippen LogP contribution in [-0.2, 0) is 20.9 Å². The van der Waals surface area contributed by atoms with Gasteiger partial charge in [-0.1, -0.05) is 18.2 Å². The molecule has 0 spiro atoms. The maximum atomic E-state index is 11.4. The van der Waals surface area contributed by atoms with E-state index in [-0.39, 0.29) is 5.97 Å². The molecular weight excluding hydrogens is 266 g/mol. The number of hydrogen-bond donors (Lipinski definition) is 0. The van der Waals surface area contributed by atoms with Gasteiger partial charge in [0, 0.05) is 41.7 Å². The molecule has 1 heterocycles. The second-order valence-corrected chi connectivity index (χ2v) is 4.69. The fourth-order valence-corrected chi connectivity index (χ4v) is 2.29. The van der Waals surface area contributed by atoms with Crippen LogP contribution in [-0.4, -0.2) is 23.4 Å². The molecule has 0 saturated heterocycles. The topological polar surface area (TPSA) is 48.3 Å². The van der Waals surface area contributed by atoms with Gasteiger partial charge in [0.25, 0.3) is 0 Å². The van der Waals surface area contributed by atoms with E-state index in [2.05, 4.69) is 4.57 Å². The molecule has 2 aromatic rings. The van der Waals surface area contributed by atoms with E-state index in [1.807, 2.05) is 30.5 Å². The number of carbonyl (C=O) groups is 2. The van der Waals surface area contributed by atoms with Gasteiger partial charge in [0.15, 0.2) is 0 Å². The average Bonchev–Trinajstić information content (AvgIpc) is 2.84. The van der Waals surface area contributed by atoms with Crippen LogP contribution in [0, 0.1) is 0 Å². The van der Waals surface area contributed by atoms with Crippen LogP contribution in [0.4, 0.5) is 0 Å². The Bertz CT molecular complexity index is 655. The Morgan fingerprint density at radius 2 is 2.14 bits per heavy atom. The zero-order valence-corrected chi connectivity index (χ0v) is 12.1. The van der Waals surface area contributed by atoms with E-state index < -0.39 is 0 Å². The van der Waals surface area contributed by atoms with E-state index in [4.69, 9.17) is 4.74 Å². The van der Waals surface area contributed by atoms with Gasteiger partial charge in [-0.05, 0) is 25.5 Å². The van der Waals surface area contributed by atoms with Crippen LogP contribution in [0.25, 0.3) is 17.0 Å². The van der Waals surface area contributed by atoms with E-state index in [1.165, 1.54) is 6.08 Å². The number of para-hydroxylation sites is 1. The van der Waals surface area contributed by atoms with Gasteiger partial charge >= 0.3 is 5.97 Å². The van der Waals surface area contributed by atoms with Crippen LogP contribution in [0.3, 0.4) is 0 Å². The second-order valence-electron chi connectivity index (χ2n) is 4.69. The van der Waals surface area contributed by atoms with E-state index in [1.54, 1.807) is 13.0 Å². The Morgan fingerprint density at radius 3 is 2.90 bits per heavy atom. The number of aryl methyl sites for hydroxylation is 1. The van der Waals surface area contributed by atoms with E-state index in [9.17, 15) is 9.59 Å². The van der Waals surface area contributed by atoms with Gasteiger partial charge in [-0.3, -0.25) is 0 Å². The van der Waals surface area contributed by atoms with Crippen molar-refractivity contribution >= 4 is 29.2 Å². The zero-order valence-electron chi connectivity index (χ0n) is 12.1. The molecule has 0 fully saturated rings. The van der Waals surface area contributed by atoms with Crippen LogP contribution in [0.5, 0.6) is 0 Å². The highest BCUT2D eigenvalue weighted by molar-refractivity contribution is 5.94. The number of ether oxygens (including phenoxy) is 1. The van der Waals surface area contributed by atoms with Crippen molar-refractivity contribution in [3.63, 3.8) is 0 Å². The standard InChI is InChI=1S/C17H19NO3/c1-2-21-17(20)10-9-14-13-18(11-5-6-12-19)16-8-4-3-7-15(14)16/h3-4,7-10,12-13H,2,5-6,11H2,1H3/b10-9+. The van der Waals surface area contributed by atoms with Gasteiger partial charge in [0.1, 0.15) is 6.29 Å². The van der Waals surface area contributed by atoms with Gasteiger partial charge < -0.3 is 14.1 Å². The highest BCUT2D eigenvalue weighted by atomic mass is 16.5. The number of esters is 1. The molecule has 0 bridgehead atoms. The summed E-state index contributed by atoms with van der Waals surface area (Å²) in [7, 11) is 0. The van der Waals surface area contributed by atoms with Crippen molar-refractivity contribution in [2.45, 2.75) is 26.3 Å². The predicted octanol–water partition coefficient (Wildman–Crippen LogP) is 3.20. The largest absolute Gasteiger partial charge is 0.463 e. The van der Waals surface area contributed by atoms with Gasteiger partial charge in [-0.2, -0.15) is 0 Å². The first-order valence-electron chi connectivity index (χ1n) is 7.12. The van der Waals surface area contributed by atoms with Crippen molar-refractivity contribution in [2.24, 2.45) is 0 Å². The fraction of sp³-hybridized carbons (Fsp3) is 0.294. The molecular formula is C17H19NO3. The smallest absolute Gasteiger partial charge is 0.330 e. The first kappa shape index (κ1) is 15.0. The summed E-state index contributed by atoms with van der Waals surface area (Å²) in [4.78, 5) is 21.8. The minimum Gasteiger partial charge on any atom is -0.463 e. The SMILES string of the molecule is CCOC(=O)/C=C/c1cn(CCCC=O)c2ccccc12. The summed E-state index contributed by atoms with van der Waals surface area (Å²) in [5.74, 6) is -0.338. The van der Waals surface area contributed by atoms with Gasteiger partial charge in [0.2, 0.25) is 0 Å². The van der Waals surface area contributed by atoms with Crippen LogP contribution >= 0.6 is 0 Å². The third-order valence-corrected chi connectivity index (χ3v) is 3.23. The first-order chi connectivity index (χ1) is 10.3. The lowest BCUT2D eigenvalue weighted by Gasteiger charge is -2.02. The molecule has 21 heavy (non-hydrogen) atoms. The molecule has 0 amide bonds. The lowest BCUT2D eigenvalue weighted by Crippen LogP contribution is -1.98. The monoisotopic (exact) mass is 285 g/mol. The number of aromatic nitrogens is 1. The molecule has 0 aliphatic rings. The first-order valence-corrected chi connectivity index (χ1v) is 7.12. The number of unbranched alkanes of at least 4 members (excludes halogenated alkanes) is 1. The number of benzene rings is 1. The number of rotatable bonds is 7. The van der Waals surface area contributed by atoms with Crippen molar-refractivity contribution in [2.75, 3.05) is 6.61 Å². The highest BCUT2D eigenvalue weighted by Crippen LogP contribution is 2.23. The molecule has 110 valence electrons. The summed E-state index contributed by atoms with van der Waals surface area (Å²) in [6.07, 6.45) is 7.53. The third-order valence-electron chi connectivity index (χ3n) is 3.23. The van der Waals surface area contributed by atoms with Crippen molar-refractivity contribution in [3.05, 3.63) is 42.1 Å². The van der Waals surface area contributed by atoms with Gasteiger partial charge in [0.05, 0.1) is 6.61 Å². The molecule has 4 nitrogen and oxygen atoms in total. The molecule has 0 radical (unpaired) electrons. The van der Waals surface area contributed by atoms with E-state index in [0.717, 1.165) is 35.7 Å². The summed E-state index contributed by atoms with van der Waals surface area (Å²) < 4.78 is 7.01. The third kappa shape index (κ3) is 3.81. The minimum atomic E-state index is -0.338. The average molecular weight is 285 g/mol. The number of hydrogen-bond acceptors (Lipinski definition) is 3. The molecule has 0 aliphatic heterocycles.